The van der Waals surface area contributed by atoms with Crippen molar-refractivity contribution in [3.63, 3.8) is 0 Å². The Balaban J connectivity index is 1.53. The third-order valence-electron chi connectivity index (χ3n) is 5.03. The van der Waals surface area contributed by atoms with Gasteiger partial charge in [0.05, 0.1) is 0 Å². The van der Waals surface area contributed by atoms with Crippen LogP contribution in [0.15, 0.2) is 36.9 Å². The van der Waals surface area contributed by atoms with Crippen LogP contribution < -0.4 is 4.90 Å². The van der Waals surface area contributed by atoms with Crippen LogP contribution in [0, 0.1) is 6.92 Å². The normalized spacial score (nSPS) is 18.3. The molecule has 0 aromatic carbocycles. The molecule has 7 heteroatoms. The van der Waals surface area contributed by atoms with Crippen LogP contribution in [0.1, 0.15) is 30.0 Å². The van der Waals surface area contributed by atoms with Gasteiger partial charge in [0.25, 0.3) is 5.78 Å². The van der Waals surface area contributed by atoms with E-state index in [1.54, 1.807) is 6.33 Å². The SMILES string of the molecule is Cc1cc(N2CCC[C@H](c3c[nH]c4ncccc34)C2)n2ncnc2n1. The molecule has 25 heavy (non-hydrogen) atoms. The summed E-state index contributed by atoms with van der Waals surface area (Å²) in [4.78, 5) is 18.8. The molecule has 0 spiro atoms. The fourth-order valence-corrected chi connectivity index (χ4v) is 3.89. The molecule has 0 radical (unpaired) electrons. The lowest BCUT2D eigenvalue weighted by atomic mass is 9.90. The first kappa shape index (κ1) is 14.4. The number of piperidine rings is 1. The van der Waals surface area contributed by atoms with Crippen molar-refractivity contribution >= 4 is 22.6 Å². The second-order valence-corrected chi connectivity index (χ2v) is 6.66. The van der Waals surface area contributed by atoms with E-state index >= 15 is 0 Å². The number of hydrogen-bond acceptors (Lipinski definition) is 5. The third kappa shape index (κ3) is 2.34. The van der Waals surface area contributed by atoms with Crippen LogP contribution in [-0.2, 0) is 0 Å². The number of pyridine rings is 1. The first-order chi connectivity index (χ1) is 12.3. The maximum absolute atomic E-state index is 4.45. The van der Waals surface area contributed by atoms with Gasteiger partial charge < -0.3 is 9.88 Å². The van der Waals surface area contributed by atoms with Crippen molar-refractivity contribution in [2.75, 3.05) is 18.0 Å². The largest absolute Gasteiger partial charge is 0.356 e. The molecule has 5 heterocycles. The molecule has 126 valence electrons. The summed E-state index contributed by atoms with van der Waals surface area (Å²) >= 11 is 0. The minimum Gasteiger partial charge on any atom is -0.356 e. The summed E-state index contributed by atoms with van der Waals surface area (Å²) in [5.41, 5.74) is 3.29. The van der Waals surface area contributed by atoms with Crippen LogP contribution in [0.25, 0.3) is 16.8 Å². The summed E-state index contributed by atoms with van der Waals surface area (Å²) < 4.78 is 1.84. The van der Waals surface area contributed by atoms with Gasteiger partial charge in [0.2, 0.25) is 0 Å². The van der Waals surface area contributed by atoms with Crippen molar-refractivity contribution in [2.45, 2.75) is 25.7 Å². The van der Waals surface area contributed by atoms with E-state index in [1.807, 2.05) is 23.7 Å². The molecule has 1 fully saturated rings. The highest BCUT2D eigenvalue weighted by atomic mass is 15.4. The van der Waals surface area contributed by atoms with E-state index in [-0.39, 0.29) is 0 Å². The molecule has 1 aliphatic rings. The van der Waals surface area contributed by atoms with Crippen molar-refractivity contribution in [1.29, 1.82) is 0 Å². The third-order valence-corrected chi connectivity index (χ3v) is 5.03. The average molecular weight is 333 g/mol. The molecule has 1 N–H and O–H groups in total. The van der Waals surface area contributed by atoms with Crippen molar-refractivity contribution in [1.82, 2.24) is 29.5 Å². The van der Waals surface area contributed by atoms with E-state index < -0.39 is 0 Å². The van der Waals surface area contributed by atoms with Crippen molar-refractivity contribution < 1.29 is 0 Å². The van der Waals surface area contributed by atoms with Crippen LogP contribution in [0.5, 0.6) is 0 Å². The topological polar surface area (TPSA) is 75.0 Å². The lowest BCUT2D eigenvalue weighted by Crippen LogP contribution is -2.35. The highest BCUT2D eigenvalue weighted by Crippen LogP contribution is 2.33. The number of aromatic nitrogens is 6. The quantitative estimate of drug-likeness (QED) is 0.610. The molecule has 1 atom stereocenters. The number of aromatic amines is 1. The van der Waals surface area contributed by atoms with Gasteiger partial charge >= 0.3 is 0 Å². The lowest BCUT2D eigenvalue weighted by molar-refractivity contribution is 0.506. The number of nitrogens with one attached hydrogen (secondary N) is 1. The molecular weight excluding hydrogens is 314 g/mol. The number of nitrogens with zero attached hydrogens (tertiary/aromatic N) is 6. The predicted molar refractivity (Wildman–Crippen MR) is 95.8 cm³/mol. The Morgan fingerprint density at radius 2 is 2.24 bits per heavy atom. The zero-order valence-corrected chi connectivity index (χ0v) is 14.1. The molecule has 1 aliphatic heterocycles. The average Bonchev–Trinajstić information content (AvgIpc) is 3.27. The van der Waals surface area contributed by atoms with Gasteiger partial charge in [0, 0.05) is 48.5 Å². The fourth-order valence-electron chi connectivity index (χ4n) is 3.89. The molecule has 0 amide bonds. The molecule has 0 aliphatic carbocycles. The molecule has 4 aromatic heterocycles. The fraction of sp³-hybridized carbons (Fsp3) is 0.333. The minimum atomic E-state index is 0.471. The number of aryl methyl sites for hydroxylation is 1. The Morgan fingerprint density at radius 1 is 1.28 bits per heavy atom. The summed E-state index contributed by atoms with van der Waals surface area (Å²) in [5, 5.41) is 5.59. The Hall–Kier alpha value is -2.96. The van der Waals surface area contributed by atoms with Crippen molar-refractivity contribution in [3.8, 4) is 0 Å². The van der Waals surface area contributed by atoms with Gasteiger partial charge in [0.1, 0.15) is 17.8 Å². The smallest absolute Gasteiger partial charge is 0.254 e. The number of fused-ring (bicyclic) bond motifs is 2. The Morgan fingerprint density at radius 3 is 3.20 bits per heavy atom. The van der Waals surface area contributed by atoms with Crippen LogP contribution >= 0.6 is 0 Å². The van der Waals surface area contributed by atoms with E-state index in [2.05, 4.69) is 48.3 Å². The van der Waals surface area contributed by atoms with Crippen molar-refractivity contribution in [3.05, 3.63) is 48.2 Å². The lowest BCUT2D eigenvalue weighted by Gasteiger charge is -2.34. The summed E-state index contributed by atoms with van der Waals surface area (Å²) in [6.07, 6.45) is 7.85. The standard InChI is InChI=1S/C18H19N7/c1-12-8-16(25-18(23-12)21-11-22-25)24-7-3-4-13(10-24)15-9-20-17-14(15)5-2-6-19-17/h2,5-6,8-9,11,13H,3-4,7,10H2,1H3,(H,19,20)/t13-/m0/s1. The monoisotopic (exact) mass is 333 g/mol. The number of anilines is 1. The Labute approximate surface area is 144 Å². The van der Waals surface area contributed by atoms with Gasteiger partial charge in [0.15, 0.2) is 0 Å². The molecule has 5 rings (SSSR count). The summed E-state index contributed by atoms with van der Waals surface area (Å²) in [5.74, 6) is 2.20. The van der Waals surface area contributed by atoms with E-state index in [1.165, 1.54) is 17.4 Å². The van der Waals surface area contributed by atoms with Gasteiger partial charge in [-0.15, -0.1) is 0 Å². The molecule has 0 bridgehead atoms. The van der Waals surface area contributed by atoms with Gasteiger partial charge in [-0.2, -0.15) is 14.6 Å². The zero-order valence-electron chi connectivity index (χ0n) is 14.1. The van der Waals surface area contributed by atoms with E-state index in [9.17, 15) is 0 Å². The van der Waals surface area contributed by atoms with Gasteiger partial charge in [-0.05, 0) is 37.5 Å². The zero-order chi connectivity index (χ0) is 16.8. The minimum absolute atomic E-state index is 0.471. The molecule has 0 unspecified atom stereocenters. The summed E-state index contributed by atoms with van der Waals surface area (Å²) in [6, 6.07) is 6.26. The van der Waals surface area contributed by atoms with E-state index in [0.717, 1.165) is 36.7 Å². The highest BCUT2D eigenvalue weighted by Gasteiger charge is 2.25. The first-order valence-corrected chi connectivity index (χ1v) is 8.64. The first-order valence-electron chi connectivity index (χ1n) is 8.64. The summed E-state index contributed by atoms with van der Waals surface area (Å²) in [6.45, 7) is 3.99. The van der Waals surface area contributed by atoms with Crippen LogP contribution in [0.4, 0.5) is 5.82 Å². The van der Waals surface area contributed by atoms with Crippen LogP contribution in [-0.4, -0.2) is 42.6 Å². The van der Waals surface area contributed by atoms with E-state index in [4.69, 9.17) is 0 Å². The molecule has 1 saturated heterocycles. The maximum atomic E-state index is 4.45. The second-order valence-electron chi connectivity index (χ2n) is 6.66. The van der Waals surface area contributed by atoms with Crippen LogP contribution in [0.2, 0.25) is 0 Å². The predicted octanol–water partition coefficient (Wildman–Crippen LogP) is 2.69. The van der Waals surface area contributed by atoms with Crippen molar-refractivity contribution in [2.24, 2.45) is 0 Å². The Kier molecular flexibility index (Phi) is 3.19. The number of rotatable bonds is 2. The van der Waals surface area contributed by atoms with Crippen LogP contribution in [0.3, 0.4) is 0 Å². The second kappa shape index (κ2) is 5.54. The summed E-state index contributed by atoms with van der Waals surface area (Å²) in [7, 11) is 0. The molecule has 0 saturated carbocycles. The molecule has 7 nitrogen and oxygen atoms in total. The van der Waals surface area contributed by atoms with Gasteiger partial charge in [-0.3, -0.25) is 0 Å². The van der Waals surface area contributed by atoms with Gasteiger partial charge in [-0.25, -0.2) is 9.97 Å². The maximum Gasteiger partial charge on any atom is 0.254 e. The molecular formula is C18H19N7. The van der Waals surface area contributed by atoms with Gasteiger partial charge in [-0.1, -0.05) is 0 Å². The Bertz CT molecular complexity index is 1050. The number of H-pyrrole nitrogens is 1. The highest BCUT2D eigenvalue weighted by molar-refractivity contribution is 5.80. The molecule has 4 aromatic rings. The number of hydrogen-bond donors (Lipinski definition) is 1. The van der Waals surface area contributed by atoms with E-state index in [0.29, 0.717) is 11.7 Å².